The van der Waals surface area contributed by atoms with Crippen molar-refractivity contribution in [2.24, 2.45) is 0 Å². The molecule has 0 saturated carbocycles. The van der Waals surface area contributed by atoms with E-state index in [4.69, 9.17) is 0 Å². The molecule has 0 radical (unpaired) electrons. The molecule has 96 valence electrons. The van der Waals surface area contributed by atoms with E-state index in [1.807, 2.05) is 11.8 Å². The van der Waals surface area contributed by atoms with Gasteiger partial charge in [0.15, 0.2) is 0 Å². The maximum absolute atomic E-state index is 3.59. The van der Waals surface area contributed by atoms with Gasteiger partial charge in [-0.15, -0.1) is 24.2 Å². The molecular weight excluding hydrogens is 250 g/mol. The van der Waals surface area contributed by atoms with Crippen LogP contribution in [0.5, 0.6) is 0 Å². The number of hydrogen-bond acceptors (Lipinski definition) is 2. The van der Waals surface area contributed by atoms with Gasteiger partial charge >= 0.3 is 0 Å². The van der Waals surface area contributed by atoms with Gasteiger partial charge in [-0.1, -0.05) is 39.0 Å². The summed E-state index contributed by atoms with van der Waals surface area (Å²) in [5, 5.41) is 3.59. The summed E-state index contributed by atoms with van der Waals surface area (Å²) in [7, 11) is 0. The van der Waals surface area contributed by atoms with Crippen LogP contribution in [0.25, 0.3) is 0 Å². The van der Waals surface area contributed by atoms with Gasteiger partial charge in [0.2, 0.25) is 0 Å². The van der Waals surface area contributed by atoms with Crippen LogP contribution in [-0.4, -0.2) is 11.3 Å². The Kier molecular flexibility index (Phi) is 5.36. The van der Waals surface area contributed by atoms with E-state index in [1.54, 1.807) is 0 Å². The Bertz CT molecular complexity index is 353. The largest absolute Gasteiger partial charge is 0.310 e. The monoisotopic (exact) mass is 271 g/mol. The van der Waals surface area contributed by atoms with Crippen LogP contribution in [-0.2, 0) is 0 Å². The topological polar surface area (TPSA) is 12.0 Å². The Morgan fingerprint density at radius 1 is 1.24 bits per heavy atom. The second-order valence-corrected chi connectivity index (χ2v) is 7.27. The molecule has 1 aliphatic heterocycles. The Morgan fingerprint density at radius 2 is 1.94 bits per heavy atom. The zero-order chi connectivity index (χ0) is 11.6. The minimum absolute atomic E-state index is 0. The van der Waals surface area contributed by atoms with Crippen molar-refractivity contribution in [3.05, 3.63) is 29.8 Å². The van der Waals surface area contributed by atoms with Gasteiger partial charge in [0.1, 0.15) is 0 Å². The molecule has 0 aliphatic carbocycles. The standard InChI is InChI=1S/C14H21NS.ClH/c1-14(2,3)16-13-9-5-4-7-11(13)12-8-6-10-15-12;/h4-5,7,9,12,15H,6,8,10H2,1-3H3;1H/t12-;/m0./s1. The molecule has 1 atom stereocenters. The Morgan fingerprint density at radius 3 is 2.53 bits per heavy atom. The Balaban J connectivity index is 0.00000144. The van der Waals surface area contributed by atoms with E-state index in [-0.39, 0.29) is 17.2 Å². The number of thioether (sulfide) groups is 1. The fourth-order valence-corrected chi connectivity index (χ4v) is 3.28. The maximum atomic E-state index is 3.59. The van der Waals surface area contributed by atoms with E-state index in [9.17, 15) is 0 Å². The molecule has 1 aromatic rings. The van der Waals surface area contributed by atoms with Crippen molar-refractivity contribution in [2.45, 2.75) is 49.3 Å². The molecule has 0 amide bonds. The molecule has 0 unspecified atom stereocenters. The molecule has 17 heavy (non-hydrogen) atoms. The number of halogens is 1. The van der Waals surface area contributed by atoms with Crippen LogP contribution >= 0.6 is 24.2 Å². The highest BCUT2D eigenvalue weighted by molar-refractivity contribution is 8.00. The molecular formula is C14H22ClNS. The third-order valence-electron chi connectivity index (χ3n) is 2.77. The van der Waals surface area contributed by atoms with Gasteiger partial charge in [-0.25, -0.2) is 0 Å². The molecule has 0 bridgehead atoms. The van der Waals surface area contributed by atoms with Gasteiger partial charge in [0, 0.05) is 15.7 Å². The van der Waals surface area contributed by atoms with Gasteiger partial charge in [0.05, 0.1) is 0 Å². The normalized spacial score (nSPS) is 20.1. The summed E-state index contributed by atoms with van der Waals surface area (Å²) in [5.74, 6) is 0. The minimum atomic E-state index is 0. The van der Waals surface area contributed by atoms with E-state index in [1.165, 1.54) is 29.8 Å². The lowest BCUT2D eigenvalue weighted by Gasteiger charge is -2.22. The zero-order valence-electron chi connectivity index (χ0n) is 10.8. The first-order chi connectivity index (χ1) is 7.56. The number of hydrogen-bond donors (Lipinski definition) is 1. The number of rotatable bonds is 2. The lowest BCUT2D eigenvalue weighted by Crippen LogP contribution is -2.15. The Hall–Kier alpha value is -0.180. The van der Waals surface area contributed by atoms with E-state index < -0.39 is 0 Å². The van der Waals surface area contributed by atoms with Crippen LogP contribution in [0.1, 0.15) is 45.2 Å². The molecule has 1 saturated heterocycles. The smallest absolute Gasteiger partial charge is 0.0331 e. The van der Waals surface area contributed by atoms with Gasteiger partial charge < -0.3 is 5.32 Å². The average molecular weight is 272 g/mol. The predicted octanol–water partition coefficient (Wildman–Crippen LogP) is 4.42. The lowest BCUT2D eigenvalue weighted by molar-refractivity contribution is 0.635. The Labute approximate surface area is 115 Å². The SMILES string of the molecule is CC(C)(C)Sc1ccccc1[C@@H]1CCCN1.Cl. The second-order valence-electron chi connectivity index (χ2n) is 5.40. The first kappa shape index (κ1) is 14.9. The van der Waals surface area contributed by atoms with Gasteiger partial charge in [0.25, 0.3) is 0 Å². The lowest BCUT2D eigenvalue weighted by atomic mass is 10.1. The molecule has 1 nitrogen and oxygen atoms in total. The van der Waals surface area contributed by atoms with Crippen molar-refractivity contribution in [3.8, 4) is 0 Å². The van der Waals surface area contributed by atoms with Crippen molar-refractivity contribution < 1.29 is 0 Å². The van der Waals surface area contributed by atoms with Crippen molar-refractivity contribution >= 4 is 24.2 Å². The molecule has 1 fully saturated rings. The van der Waals surface area contributed by atoms with Crippen LogP contribution in [0.4, 0.5) is 0 Å². The molecule has 3 heteroatoms. The number of benzene rings is 1. The summed E-state index contributed by atoms with van der Waals surface area (Å²) >= 11 is 1.97. The summed E-state index contributed by atoms with van der Waals surface area (Å²) < 4.78 is 0.286. The second kappa shape index (κ2) is 6.12. The third-order valence-corrected chi connectivity index (χ3v) is 3.97. The van der Waals surface area contributed by atoms with Crippen molar-refractivity contribution in [2.75, 3.05) is 6.54 Å². The van der Waals surface area contributed by atoms with Gasteiger partial charge in [-0.3, -0.25) is 0 Å². The molecule has 1 aliphatic rings. The highest BCUT2D eigenvalue weighted by Crippen LogP contribution is 2.38. The van der Waals surface area contributed by atoms with Crippen LogP contribution in [0.2, 0.25) is 0 Å². The summed E-state index contributed by atoms with van der Waals surface area (Å²) in [5.41, 5.74) is 1.49. The first-order valence-corrected chi connectivity index (χ1v) is 6.89. The van der Waals surface area contributed by atoms with E-state index in [0.29, 0.717) is 6.04 Å². The van der Waals surface area contributed by atoms with Crippen LogP contribution in [0.15, 0.2) is 29.2 Å². The first-order valence-electron chi connectivity index (χ1n) is 6.07. The quantitative estimate of drug-likeness (QED) is 0.799. The van der Waals surface area contributed by atoms with Crippen molar-refractivity contribution in [1.82, 2.24) is 5.32 Å². The molecule has 1 N–H and O–H groups in total. The van der Waals surface area contributed by atoms with E-state index in [2.05, 4.69) is 50.4 Å². The van der Waals surface area contributed by atoms with Crippen LogP contribution in [0, 0.1) is 0 Å². The van der Waals surface area contributed by atoms with Crippen LogP contribution < -0.4 is 5.32 Å². The molecule has 1 aromatic carbocycles. The van der Waals surface area contributed by atoms with Crippen LogP contribution in [0.3, 0.4) is 0 Å². The summed E-state index contributed by atoms with van der Waals surface area (Å²) in [6, 6.07) is 9.41. The van der Waals surface area contributed by atoms with Crippen molar-refractivity contribution in [3.63, 3.8) is 0 Å². The molecule has 0 aromatic heterocycles. The van der Waals surface area contributed by atoms with Gasteiger partial charge in [-0.2, -0.15) is 0 Å². The summed E-state index contributed by atoms with van der Waals surface area (Å²) in [6.45, 7) is 7.99. The molecule has 2 rings (SSSR count). The third kappa shape index (κ3) is 4.20. The predicted molar refractivity (Wildman–Crippen MR) is 79.3 cm³/mol. The molecule has 1 heterocycles. The minimum Gasteiger partial charge on any atom is -0.310 e. The average Bonchev–Trinajstić information content (AvgIpc) is 2.69. The van der Waals surface area contributed by atoms with E-state index >= 15 is 0 Å². The van der Waals surface area contributed by atoms with Gasteiger partial charge in [-0.05, 0) is 31.0 Å². The molecule has 0 spiro atoms. The fraction of sp³-hybridized carbons (Fsp3) is 0.571. The summed E-state index contributed by atoms with van der Waals surface area (Å²) in [4.78, 5) is 1.44. The highest BCUT2D eigenvalue weighted by atomic mass is 35.5. The number of nitrogens with one attached hydrogen (secondary N) is 1. The van der Waals surface area contributed by atoms with Crippen molar-refractivity contribution in [1.29, 1.82) is 0 Å². The fourth-order valence-electron chi connectivity index (χ4n) is 2.14. The summed E-state index contributed by atoms with van der Waals surface area (Å²) in [6.07, 6.45) is 2.58. The zero-order valence-corrected chi connectivity index (χ0v) is 12.5. The highest BCUT2D eigenvalue weighted by Gasteiger charge is 2.21. The van der Waals surface area contributed by atoms with E-state index in [0.717, 1.165) is 0 Å². The maximum Gasteiger partial charge on any atom is 0.0331 e.